The van der Waals surface area contributed by atoms with E-state index in [0.717, 1.165) is 21.7 Å². The molecule has 134 valence electrons. The molecule has 1 unspecified atom stereocenters. The molecule has 1 aliphatic rings. The van der Waals surface area contributed by atoms with Crippen LogP contribution in [-0.2, 0) is 4.79 Å². The standard InChI is InChI=1S/C20H20FN3OS/c1-12-6-7-13(2)18-17(12)10-14(19(25)24-18)8-9-22-20(26)23-16-5-3-4-15(21)11-16/h3-7,10-11,14H,8-9H2,1-2H3,(H2,22,23,26). The fourth-order valence-corrected chi connectivity index (χ4v) is 3.15. The lowest BCUT2D eigenvalue weighted by atomic mass is 9.97. The van der Waals surface area contributed by atoms with E-state index in [1.54, 1.807) is 12.1 Å². The Balaban J connectivity index is 1.61. The van der Waals surface area contributed by atoms with Crippen LogP contribution in [-0.4, -0.2) is 17.6 Å². The summed E-state index contributed by atoms with van der Waals surface area (Å²) in [7, 11) is 0. The molecule has 0 saturated carbocycles. The molecule has 0 fully saturated rings. The normalized spacial score (nSPS) is 15.5. The number of carbonyl (C=O) groups excluding carboxylic acids is 1. The van der Waals surface area contributed by atoms with Gasteiger partial charge >= 0.3 is 0 Å². The van der Waals surface area contributed by atoms with Gasteiger partial charge in [0.15, 0.2) is 5.11 Å². The Morgan fingerprint density at radius 2 is 2.00 bits per heavy atom. The molecule has 2 N–H and O–H groups in total. The van der Waals surface area contributed by atoms with Crippen LogP contribution in [0.5, 0.6) is 0 Å². The maximum absolute atomic E-state index is 13.2. The molecule has 0 aliphatic carbocycles. The average Bonchev–Trinajstić information content (AvgIpc) is 2.59. The van der Waals surface area contributed by atoms with Crippen LogP contribution in [0.25, 0.3) is 6.08 Å². The first-order valence-corrected chi connectivity index (χ1v) is 8.86. The molecule has 26 heavy (non-hydrogen) atoms. The zero-order chi connectivity index (χ0) is 18.7. The number of amides is 1. The van der Waals surface area contributed by atoms with Crippen LogP contribution < -0.4 is 21.2 Å². The summed E-state index contributed by atoms with van der Waals surface area (Å²) in [5.74, 6) is -0.726. The zero-order valence-corrected chi connectivity index (χ0v) is 15.5. The summed E-state index contributed by atoms with van der Waals surface area (Å²) in [6.45, 7) is 4.50. The number of benzene rings is 2. The molecule has 3 rings (SSSR count). The molecule has 0 spiro atoms. The predicted octanol–water partition coefficient (Wildman–Crippen LogP) is 2.38. The van der Waals surface area contributed by atoms with E-state index in [2.05, 4.69) is 15.6 Å². The van der Waals surface area contributed by atoms with E-state index in [0.29, 0.717) is 23.8 Å². The molecular weight excluding hydrogens is 349 g/mol. The molecule has 1 aliphatic heterocycles. The van der Waals surface area contributed by atoms with Crippen LogP contribution in [0.3, 0.4) is 0 Å². The van der Waals surface area contributed by atoms with E-state index in [9.17, 15) is 9.18 Å². The van der Waals surface area contributed by atoms with Gasteiger partial charge in [-0.1, -0.05) is 24.3 Å². The second kappa shape index (κ2) is 7.74. The monoisotopic (exact) mass is 369 g/mol. The van der Waals surface area contributed by atoms with Gasteiger partial charge in [0.25, 0.3) is 5.91 Å². The van der Waals surface area contributed by atoms with Crippen molar-refractivity contribution in [2.75, 3.05) is 11.9 Å². The summed E-state index contributed by atoms with van der Waals surface area (Å²) in [4.78, 5) is 16.6. The maximum atomic E-state index is 13.2. The number of fused-ring (bicyclic) bond motifs is 1. The van der Waals surface area contributed by atoms with Gasteiger partial charge in [0.1, 0.15) is 5.82 Å². The summed E-state index contributed by atoms with van der Waals surface area (Å²) in [5.41, 5.74) is 2.70. The Hall–Kier alpha value is -2.60. The van der Waals surface area contributed by atoms with E-state index in [4.69, 9.17) is 12.2 Å². The van der Waals surface area contributed by atoms with Crippen molar-refractivity contribution in [3.63, 3.8) is 0 Å². The summed E-state index contributed by atoms with van der Waals surface area (Å²) in [5, 5.41) is 8.19. The number of hydrogen-bond donors (Lipinski definition) is 2. The third kappa shape index (κ3) is 4.14. The fourth-order valence-electron chi connectivity index (χ4n) is 2.93. The lowest BCUT2D eigenvalue weighted by Gasteiger charge is -2.15. The predicted molar refractivity (Wildman–Crippen MR) is 105 cm³/mol. The minimum Gasteiger partial charge on any atom is -0.362 e. The van der Waals surface area contributed by atoms with Crippen molar-refractivity contribution in [3.05, 3.63) is 63.9 Å². The van der Waals surface area contributed by atoms with Gasteiger partial charge in [0, 0.05) is 17.5 Å². The topological polar surface area (TPSA) is 53.5 Å². The highest BCUT2D eigenvalue weighted by Crippen LogP contribution is 2.11. The molecule has 1 heterocycles. The molecule has 0 aromatic heterocycles. The highest BCUT2D eigenvalue weighted by atomic mass is 32.1. The molecule has 2 aromatic carbocycles. The number of aryl methyl sites for hydroxylation is 2. The van der Waals surface area contributed by atoms with Crippen molar-refractivity contribution in [1.29, 1.82) is 0 Å². The number of nitrogens with one attached hydrogen (secondary N) is 2. The van der Waals surface area contributed by atoms with Crippen molar-refractivity contribution in [2.45, 2.75) is 20.3 Å². The molecular formula is C20H20FN3OS. The van der Waals surface area contributed by atoms with Crippen LogP contribution in [0.2, 0.25) is 0 Å². The summed E-state index contributed by atoms with van der Waals surface area (Å²) >= 11 is 5.21. The summed E-state index contributed by atoms with van der Waals surface area (Å²) in [6.07, 6.45) is 2.58. The molecule has 4 nitrogen and oxygen atoms in total. The van der Waals surface area contributed by atoms with Gasteiger partial charge in [-0.05, 0) is 61.8 Å². The quantitative estimate of drug-likeness (QED) is 0.813. The largest absolute Gasteiger partial charge is 0.362 e. The van der Waals surface area contributed by atoms with E-state index >= 15 is 0 Å². The van der Waals surface area contributed by atoms with Gasteiger partial charge in [-0.25, -0.2) is 9.38 Å². The average molecular weight is 369 g/mol. The van der Waals surface area contributed by atoms with Gasteiger partial charge in [-0.3, -0.25) is 4.79 Å². The molecule has 2 aromatic rings. The third-order valence-corrected chi connectivity index (χ3v) is 4.61. The third-order valence-electron chi connectivity index (χ3n) is 4.37. The van der Waals surface area contributed by atoms with Crippen LogP contribution in [0.4, 0.5) is 10.1 Å². The van der Waals surface area contributed by atoms with Crippen LogP contribution >= 0.6 is 12.2 Å². The number of hydrogen-bond acceptors (Lipinski definition) is 2. The molecule has 1 atom stereocenters. The second-order valence-corrected chi connectivity index (χ2v) is 6.77. The van der Waals surface area contributed by atoms with Crippen molar-refractivity contribution >= 4 is 35.0 Å². The highest BCUT2D eigenvalue weighted by molar-refractivity contribution is 7.80. The van der Waals surface area contributed by atoms with Crippen molar-refractivity contribution < 1.29 is 9.18 Å². The smallest absolute Gasteiger partial charge is 0.253 e. The maximum Gasteiger partial charge on any atom is 0.253 e. The first kappa shape index (κ1) is 18.2. The number of anilines is 1. The van der Waals surface area contributed by atoms with Crippen LogP contribution in [0.1, 0.15) is 17.5 Å². The van der Waals surface area contributed by atoms with Crippen LogP contribution in [0, 0.1) is 25.6 Å². The molecule has 0 saturated heterocycles. The van der Waals surface area contributed by atoms with E-state index in [1.165, 1.54) is 12.1 Å². The molecule has 0 radical (unpaired) electrons. The fraction of sp³-hybridized carbons (Fsp3) is 0.250. The number of carbonyl (C=O) groups is 1. The summed E-state index contributed by atoms with van der Waals surface area (Å²) < 4.78 is 13.2. The minimum absolute atomic E-state index is 0.128. The van der Waals surface area contributed by atoms with Gasteiger partial charge in [0.05, 0.1) is 11.3 Å². The molecule has 1 amide bonds. The first-order valence-electron chi connectivity index (χ1n) is 8.45. The molecule has 6 heteroatoms. The second-order valence-electron chi connectivity index (χ2n) is 6.36. The SMILES string of the molecule is Cc1ccc(C)c2c1=CC(CCNC(=S)Nc1cccc(F)c1)C(=O)N=2. The lowest BCUT2D eigenvalue weighted by Crippen LogP contribution is -2.38. The zero-order valence-electron chi connectivity index (χ0n) is 14.7. The number of nitrogens with zero attached hydrogens (tertiary/aromatic N) is 1. The lowest BCUT2D eigenvalue weighted by molar-refractivity contribution is -0.120. The van der Waals surface area contributed by atoms with Gasteiger partial charge in [-0.15, -0.1) is 0 Å². The Bertz CT molecular complexity index is 987. The van der Waals surface area contributed by atoms with E-state index in [-0.39, 0.29) is 17.6 Å². The van der Waals surface area contributed by atoms with Crippen molar-refractivity contribution in [2.24, 2.45) is 10.9 Å². The highest BCUT2D eigenvalue weighted by Gasteiger charge is 2.19. The Morgan fingerprint density at radius 1 is 1.23 bits per heavy atom. The van der Waals surface area contributed by atoms with Gasteiger partial charge in [0.2, 0.25) is 0 Å². The number of thiocarbonyl (C=S) groups is 1. The number of rotatable bonds is 4. The Labute approximate surface area is 156 Å². The van der Waals surface area contributed by atoms with E-state index < -0.39 is 0 Å². The van der Waals surface area contributed by atoms with Crippen molar-refractivity contribution in [1.82, 2.24) is 5.32 Å². The van der Waals surface area contributed by atoms with Gasteiger partial charge in [-0.2, -0.15) is 0 Å². The first-order chi connectivity index (χ1) is 12.4. The number of halogens is 1. The minimum atomic E-state index is -0.328. The van der Waals surface area contributed by atoms with Gasteiger partial charge < -0.3 is 10.6 Å². The Kier molecular flexibility index (Phi) is 5.42. The van der Waals surface area contributed by atoms with Crippen molar-refractivity contribution in [3.8, 4) is 0 Å². The molecule has 0 bridgehead atoms. The summed E-state index contributed by atoms with van der Waals surface area (Å²) in [6, 6.07) is 10.1. The van der Waals surface area contributed by atoms with E-state index in [1.807, 2.05) is 32.1 Å². The van der Waals surface area contributed by atoms with Crippen LogP contribution in [0.15, 0.2) is 41.4 Å². The Morgan fingerprint density at radius 3 is 2.77 bits per heavy atom.